The molecule has 0 N–H and O–H groups in total. The number of para-hydroxylation sites is 1. The van der Waals surface area contributed by atoms with Gasteiger partial charge < -0.3 is 17.8 Å². The molecule has 0 saturated carbocycles. The van der Waals surface area contributed by atoms with E-state index in [9.17, 15) is 0 Å². The largest absolute Gasteiger partial charge is 0.536 e. The quantitative estimate of drug-likeness (QED) is 0.330. The monoisotopic (exact) mass is 519 g/mol. The first-order chi connectivity index (χ1) is 13.5. The van der Waals surface area contributed by atoms with Crippen LogP contribution in [0, 0.1) is 0 Å². The molecule has 0 saturated heterocycles. The first-order valence-electron chi connectivity index (χ1n) is 8.69. The predicted molar refractivity (Wildman–Crippen MR) is 123 cm³/mol. The van der Waals surface area contributed by atoms with Crippen LogP contribution in [0.25, 0.3) is 27.5 Å². The summed E-state index contributed by atoms with van der Waals surface area (Å²) in [6.07, 6.45) is 0. The maximum absolute atomic E-state index is 5.70. The third-order valence-electron chi connectivity index (χ3n) is 4.98. The molecule has 0 unspecified atom stereocenters. The van der Waals surface area contributed by atoms with Crippen LogP contribution in [0.5, 0.6) is 0 Å². The summed E-state index contributed by atoms with van der Waals surface area (Å²) in [5.74, 6) is 0. The maximum Gasteiger partial charge on any atom is 0.536 e. The zero-order valence-corrected chi connectivity index (χ0v) is 19.9. The standard InChI is InChI=1S/C21H19Br2NO3Si/c1-25-28(26-2,27-3)15-9-10-16-17-12-18(22)19(23)13-21(17)24(20(16)11-15)14-7-5-4-6-8-14/h4-13H,1-3H3. The summed E-state index contributed by atoms with van der Waals surface area (Å²) in [5, 5.41) is 3.24. The number of aromatic nitrogens is 1. The normalized spacial score (nSPS) is 12.2. The van der Waals surface area contributed by atoms with E-state index in [1.165, 1.54) is 5.39 Å². The summed E-state index contributed by atoms with van der Waals surface area (Å²) >= 11 is 7.28. The molecule has 0 atom stereocenters. The Hall–Kier alpha value is -1.48. The zero-order chi connectivity index (χ0) is 19.9. The molecule has 0 bridgehead atoms. The van der Waals surface area contributed by atoms with Gasteiger partial charge in [0.15, 0.2) is 0 Å². The molecular weight excluding hydrogens is 502 g/mol. The van der Waals surface area contributed by atoms with E-state index in [0.717, 1.165) is 36.2 Å². The van der Waals surface area contributed by atoms with E-state index < -0.39 is 8.80 Å². The summed E-state index contributed by atoms with van der Waals surface area (Å²) in [4.78, 5) is 0. The fraction of sp³-hybridized carbons (Fsp3) is 0.143. The second-order valence-electron chi connectivity index (χ2n) is 6.35. The molecule has 0 amide bonds. The van der Waals surface area contributed by atoms with Crippen LogP contribution in [-0.4, -0.2) is 34.7 Å². The predicted octanol–water partition coefficient (Wildman–Crippen LogP) is 5.39. The lowest BCUT2D eigenvalue weighted by Crippen LogP contribution is -2.54. The van der Waals surface area contributed by atoms with Gasteiger partial charge in [0, 0.05) is 51.9 Å². The number of hydrogen-bond donors (Lipinski definition) is 0. The van der Waals surface area contributed by atoms with E-state index in [0.29, 0.717) is 0 Å². The van der Waals surface area contributed by atoms with Crippen LogP contribution in [0.3, 0.4) is 0 Å². The lowest BCUT2D eigenvalue weighted by molar-refractivity contribution is 0.140. The van der Waals surface area contributed by atoms with Crippen LogP contribution >= 0.6 is 31.9 Å². The fourth-order valence-electron chi connectivity index (χ4n) is 3.66. The van der Waals surface area contributed by atoms with Gasteiger partial charge in [-0.05, 0) is 62.2 Å². The topological polar surface area (TPSA) is 32.6 Å². The van der Waals surface area contributed by atoms with Crippen LogP contribution in [-0.2, 0) is 13.3 Å². The second kappa shape index (κ2) is 7.74. The number of nitrogens with zero attached hydrogens (tertiary/aromatic N) is 1. The highest BCUT2D eigenvalue weighted by molar-refractivity contribution is 9.13. The molecule has 0 aliphatic heterocycles. The van der Waals surface area contributed by atoms with Crippen molar-refractivity contribution in [3.8, 4) is 5.69 Å². The number of halogens is 2. The van der Waals surface area contributed by atoms with Gasteiger partial charge in [-0.2, -0.15) is 0 Å². The van der Waals surface area contributed by atoms with Crippen molar-refractivity contribution in [3.63, 3.8) is 0 Å². The van der Waals surface area contributed by atoms with Gasteiger partial charge in [-0.1, -0.05) is 30.3 Å². The Labute approximate surface area is 181 Å². The van der Waals surface area contributed by atoms with Crippen molar-refractivity contribution in [2.75, 3.05) is 21.3 Å². The second-order valence-corrected chi connectivity index (χ2v) is 11.0. The molecule has 4 rings (SSSR count). The molecule has 4 nitrogen and oxygen atoms in total. The fourth-order valence-corrected chi connectivity index (χ4v) is 6.14. The van der Waals surface area contributed by atoms with E-state index in [2.05, 4.69) is 72.8 Å². The maximum atomic E-state index is 5.70. The van der Waals surface area contributed by atoms with Crippen LogP contribution in [0.15, 0.2) is 69.6 Å². The number of benzene rings is 3. The van der Waals surface area contributed by atoms with E-state index in [1.807, 2.05) is 24.3 Å². The highest BCUT2D eigenvalue weighted by Gasteiger charge is 2.41. The minimum atomic E-state index is -2.94. The zero-order valence-electron chi connectivity index (χ0n) is 15.7. The first-order valence-corrected chi connectivity index (χ1v) is 12.0. The van der Waals surface area contributed by atoms with Crippen molar-refractivity contribution in [1.29, 1.82) is 0 Å². The Morgan fingerprint density at radius 2 is 1.32 bits per heavy atom. The summed E-state index contributed by atoms with van der Waals surface area (Å²) in [5.41, 5.74) is 3.29. The van der Waals surface area contributed by atoms with Crippen molar-refractivity contribution in [3.05, 3.63) is 69.6 Å². The molecule has 0 aliphatic carbocycles. The van der Waals surface area contributed by atoms with Crippen molar-refractivity contribution in [2.45, 2.75) is 0 Å². The van der Waals surface area contributed by atoms with E-state index in [-0.39, 0.29) is 0 Å². The average Bonchev–Trinajstić information content (AvgIpc) is 3.03. The van der Waals surface area contributed by atoms with Gasteiger partial charge in [-0.25, -0.2) is 0 Å². The molecule has 28 heavy (non-hydrogen) atoms. The molecule has 7 heteroatoms. The molecule has 0 fully saturated rings. The van der Waals surface area contributed by atoms with Gasteiger partial charge in [0.05, 0.1) is 11.0 Å². The molecule has 4 aromatic rings. The average molecular weight is 521 g/mol. The highest BCUT2D eigenvalue weighted by atomic mass is 79.9. The van der Waals surface area contributed by atoms with E-state index in [1.54, 1.807) is 21.3 Å². The summed E-state index contributed by atoms with van der Waals surface area (Å²) in [6, 6.07) is 20.9. The van der Waals surface area contributed by atoms with Crippen LogP contribution in [0.4, 0.5) is 0 Å². The number of rotatable bonds is 5. The molecule has 0 radical (unpaired) electrons. The lowest BCUT2D eigenvalue weighted by atomic mass is 10.1. The smallest absolute Gasteiger partial charge is 0.373 e. The summed E-state index contributed by atoms with van der Waals surface area (Å²) in [6.45, 7) is 0. The Balaban J connectivity index is 2.12. The van der Waals surface area contributed by atoms with Crippen molar-refractivity contribution in [2.24, 2.45) is 0 Å². The molecule has 0 aliphatic rings. The minimum Gasteiger partial charge on any atom is -0.373 e. The number of fused-ring (bicyclic) bond motifs is 3. The SMILES string of the molecule is CO[Si](OC)(OC)c1ccc2c3cc(Br)c(Br)cc3n(-c3ccccc3)c2c1. The van der Waals surface area contributed by atoms with Gasteiger partial charge in [0.1, 0.15) is 0 Å². The minimum absolute atomic E-state index is 0.922. The third-order valence-corrected chi connectivity index (χ3v) is 9.46. The Morgan fingerprint density at radius 1 is 0.714 bits per heavy atom. The van der Waals surface area contributed by atoms with Crippen LogP contribution in [0.2, 0.25) is 0 Å². The van der Waals surface area contributed by atoms with Crippen molar-refractivity contribution < 1.29 is 13.3 Å². The molecular formula is C21H19Br2NO3Si. The van der Waals surface area contributed by atoms with E-state index in [4.69, 9.17) is 13.3 Å². The highest BCUT2D eigenvalue weighted by Crippen LogP contribution is 2.37. The van der Waals surface area contributed by atoms with Gasteiger partial charge in [0.2, 0.25) is 0 Å². The Bertz CT molecular complexity index is 1150. The van der Waals surface area contributed by atoms with Crippen LogP contribution < -0.4 is 5.19 Å². The van der Waals surface area contributed by atoms with Gasteiger partial charge in [-0.15, -0.1) is 0 Å². The van der Waals surface area contributed by atoms with Crippen LogP contribution in [0.1, 0.15) is 0 Å². The Kier molecular flexibility index (Phi) is 5.48. The molecule has 1 heterocycles. The summed E-state index contributed by atoms with van der Waals surface area (Å²) in [7, 11) is 1.95. The Morgan fingerprint density at radius 3 is 1.96 bits per heavy atom. The first kappa shape index (κ1) is 19.8. The van der Waals surface area contributed by atoms with Crippen molar-refractivity contribution >= 4 is 67.7 Å². The molecule has 0 spiro atoms. The van der Waals surface area contributed by atoms with Gasteiger partial charge in [0.25, 0.3) is 0 Å². The molecule has 1 aromatic heterocycles. The van der Waals surface area contributed by atoms with Crippen molar-refractivity contribution in [1.82, 2.24) is 4.57 Å². The van der Waals surface area contributed by atoms with Gasteiger partial charge >= 0.3 is 8.80 Å². The summed E-state index contributed by atoms with van der Waals surface area (Å²) < 4.78 is 21.4. The number of hydrogen-bond acceptors (Lipinski definition) is 3. The molecule has 3 aromatic carbocycles. The van der Waals surface area contributed by atoms with E-state index >= 15 is 0 Å². The lowest BCUT2D eigenvalue weighted by Gasteiger charge is -2.24. The molecule has 144 valence electrons. The third kappa shape index (κ3) is 3.06. The van der Waals surface area contributed by atoms with Gasteiger partial charge in [-0.3, -0.25) is 0 Å².